The van der Waals surface area contributed by atoms with E-state index in [9.17, 15) is 9.59 Å². The lowest BCUT2D eigenvalue weighted by Crippen LogP contribution is -2.39. The molecule has 0 saturated carbocycles. The number of aromatic nitrogens is 2. The molecule has 4 rings (SSSR count). The van der Waals surface area contributed by atoms with Crippen molar-refractivity contribution in [2.75, 3.05) is 51.3 Å². The number of rotatable bonds is 9. The molecule has 2 aromatic heterocycles. The van der Waals surface area contributed by atoms with Crippen LogP contribution in [-0.4, -0.2) is 75.3 Å². The summed E-state index contributed by atoms with van der Waals surface area (Å²) in [7, 11) is 0. The maximum Gasteiger partial charge on any atom is 0.267 e. The number of nitrogens with zero attached hydrogens (tertiary/aromatic N) is 4. The van der Waals surface area contributed by atoms with E-state index in [-0.39, 0.29) is 11.5 Å². The molecule has 2 aliphatic rings. The molecule has 2 aromatic rings. The number of fused-ring (bicyclic) bond motifs is 1. The lowest BCUT2D eigenvalue weighted by molar-refractivity contribution is -0.122. The molecule has 0 aliphatic carbocycles. The largest absolute Gasteiger partial charge is 0.379 e. The maximum absolute atomic E-state index is 13.5. The molecule has 2 saturated heterocycles. The van der Waals surface area contributed by atoms with Gasteiger partial charge in [0.2, 0.25) is 0 Å². The van der Waals surface area contributed by atoms with Crippen LogP contribution >= 0.6 is 24.0 Å². The van der Waals surface area contributed by atoms with Crippen LogP contribution in [0.2, 0.25) is 0 Å². The molecule has 1 N–H and O–H groups in total. The summed E-state index contributed by atoms with van der Waals surface area (Å²) in [5.74, 6) is 0.350. The molecule has 4 heterocycles. The van der Waals surface area contributed by atoms with Crippen LogP contribution in [0.3, 0.4) is 0 Å². The third-order valence-corrected chi connectivity index (χ3v) is 7.42. The number of amides is 1. The highest BCUT2D eigenvalue weighted by atomic mass is 32.2. The van der Waals surface area contributed by atoms with Gasteiger partial charge < -0.3 is 10.1 Å². The van der Waals surface area contributed by atoms with Gasteiger partial charge in [0, 0.05) is 38.9 Å². The van der Waals surface area contributed by atoms with Gasteiger partial charge in [-0.3, -0.25) is 23.8 Å². The normalized spacial score (nSPS) is 18.4. The molecule has 0 atom stereocenters. The van der Waals surface area contributed by atoms with Crippen molar-refractivity contribution < 1.29 is 9.53 Å². The van der Waals surface area contributed by atoms with E-state index >= 15 is 0 Å². The number of aryl methyl sites for hydroxylation is 1. The molecule has 0 spiro atoms. The van der Waals surface area contributed by atoms with Crippen molar-refractivity contribution in [3.8, 4) is 0 Å². The predicted molar refractivity (Wildman–Crippen MR) is 141 cm³/mol. The number of thiocarbonyl (C=S) groups is 1. The summed E-state index contributed by atoms with van der Waals surface area (Å²) >= 11 is 6.71. The molecular formula is C24H31N5O3S2. The molecule has 8 nitrogen and oxygen atoms in total. The number of unbranched alkanes of at least 4 members (excludes halogenated alkanes) is 2. The number of hydrogen-bond donors (Lipinski definition) is 1. The van der Waals surface area contributed by atoms with E-state index in [0.717, 1.165) is 57.7 Å². The zero-order valence-electron chi connectivity index (χ0n) is 19.7. The fourth-order valence-corrected chi connectivity index (χ4v) is 5.37. The van der Waals surface area contributed by atoms with Crippen molar-refractivity contribution in [3.63, 3.8) is 0 Å². The van der Waals surface area contributed by atoms with Crippen LogP contribution in [0.25, 0.3) is 11.7 Å². The van der Waals surface area contributed by atoms with E-state index in [4.69, 9.17) is 21.9 Å². The Hall–Kier alpha value is -2.27. The maximum atomic E-state index is 13.5. The molecule has 182 valence electrons. The number of carbonyl (C=O) groups is 1. The van der Waals surface area contributed by atoms with Gasteiger partial charge in [-0.15, -0.1) is 0 Å². The average molecular weight is 502 g/mol. The van der Waals surface area contributed by atoms with Gasteiger partial charge in [-0.05, 0) is 31.1 Å². The van der Waals surface area contributed by atoms with Crippen LogP contribution in [-0.2, 0) is 9.53 Å². The number of morpholine rings is 1. The van der Waals surface area contributed by atoms with Crippen LogP contribution in [0.4, 0.5) is 5.82 Å². The average Bonchev–Trinajstić information content (AvgIpc) is 3.10. The first-order chi connectivity index (χ1) is 16.5. The molecular weight excluding hydrogens is 470 g/mol. The minimum Gasteiger partial charge on any atom is -0.379 e. The van der Waals surface area contributed by atoms with E-state index < -0.39 is 0 Å². The van der Waals surface area contributed by atoms with Crippen molar-refractivity contribution in [1.82, 2.24) is 19.2 Å². The van der Waals surface area contributed by atoms with Crippen molar-refractivity contribution >= 4 is 51.7 Å². The van der Waals surface area contributed by atoms with Gasteiger partial charge in [-0.1, -0.05) is 49.8 Å². The number of anilines is 1. The smallest absolute Gasteiger partial charge is 0.267 e. The lowest BCUT2D eigenvalue weighted by Gasteiger charge is -2.26. The molecule has 2 aliphatic heterocycles. The number of ether oxygens (including phenoxy) is 1. The molecule has 0 aromatic carbocycles. The highest BCUT2D eigenvalue weighted by Crippen LogP contribution is 2.33. The van der Waals surface area contributed by atoms with Gasteiger partial charge in [-0.2, -0.15) is 0 Å². The fraction of sp³-hybridized carbons (Fsp3) is 0.500. The van der Waals surface area contributed by atoms with Gasteiger partial charge in [0.1, 0.15) is 15.8 Å². The van der Waals surface area contributed by atoms with Gasteiger partial charge in [0.25, 0.3) is 11.5 Å². The first-order valence-electron chi connectivity index (χ1n) is 11.8. The van der Waals surface area contributed by atoms with Crippen molar-refractivity contribution in [2.45, 2.75) is 33.1 Å². The van der Waals surface area contributed by atoms with Crippen LogP contribution in [0.5, 0.6) is 0 Å². The van der Waals surface area contributed by atoms with Crippen molar-refractivity contribution in [1.29, 1.82) is 0 Å². The van der Waals surface area contributed by atoms with Crippen molar-refractivity contribution in [3.05, 3.63) is 44.7 Å². The Bertz CT molecular complexity index is 1160. The summed E-state index contributed by atoms with van der Waals surface area (Å²) in [6, 6.07) is 3.76. The Morgan fingerprint density at radius 2 is 2.03 bits per heavy atom. The monoisotopic (exact) mass is 501 g/mol. The summed E-state index contributed by atoms with van der Waals surface area (Å²) in [6.45, 7) is 9.36. The van der Waals surface area contributed by atoms with Crippen molar-refractivity contribution in [2.24, 2.45) is 0 Å². The minimum atomic E-state index is -0.209. The molecule has 10 heteroatoms. The number of pyridine rings is 1. The fourth-order valence-electron chi connectivity index (χ4n) is 4.08. The van der Waals surface area contributed by atoms with E-state index in [0.29, 0.717) is 39.3 Å². The van der Waals surface area contributed by atoms with Gasteiger partial charge in [-0.25, -0.2) is 4.98 Å². The Kier molecular flexibility index (Phi) is 8.36. The number of hydrogen-bond acceptors (Lipinski definition) is 8. The zero-order valence-corrected chi connectivity index (χ0v) is 21.3. The zero-order chi connectivity index (χ0) is 24.1. The lowest BCUT2D eigenvalue weighted by atomic mass is 10.2. The molecule has 0 radical (unpaired) electrons. The molecule has 1 amide bonds. The summed E-state index contributed by atoms with van der Waals surface area (Å²) in [4.78, 5) is 35.7. The Morgan fingerprint density at radius 3 is 2.79 bits per heavy atom. The van der Waals surface area contributed by atoms with Crippen LogP contribution in [0.15, 0.2) is 28.0 Å². The number of nitrogens with one attached hydrogen (secondary N) is 1. The standard InChI is InChI=1S/C24H31N5O3S2/c1-3-4-5-9-29-23(31)19(34-24(29)33)16-18-20(25-8-11-27-12-14-32-15-13-27)26-21-17(2)7-6-10-28(21)22(18)30/h6-7,10,16,25H,3-5,8-9,11-15H2,1-2H3/b19-16-. The molecule has 2 fully saturated rings. The summed E-state index contributed by atoms with van der Waals surface area (Å²) in [6.07, 6.45) is 6.39. The van der Waals surface area contributed by atoms with Crippen LogP contribution in [0, 0.1) is 6.92 Å². The summed E-state index contributed by atoms with van der Waals surface area (Å²) in [5.41, 5.74) is 1.67. The second-order valence-electron chi connectivity index (χ2n) is 8.49. The van der Waals surface area contributed by atoms with Gasteiger partial charge >= 0.3 is 0 Å². The summed E-state index contributed by atoms with van der Waals surface area (Å²) in [5, 5.41) is 3.36. The molecule has 0 unspecified atom stereocenters. The third kappa shape index (κ3) is 5.51. The molecule has 34 heavy (non-hydrogen) atoms. The van der Waals surface area contributed by atoms with E-state index in [1.54, 1.807) is 17.2 Å². The Morgan fingerprint density at radius 1 is 1.24 bits per heavy atom. The van der Waals surface area contributed by atoms with E-state index in [2.05, 4.69) is 17.1 Å². The SMILES string of the molecule is CCCCCN1C(=O)/C(=C/c2c(NCCN3CCOCC3)nc3c(C)cccn3c2=O)SC1=S. The first-order valence-corrected chi connectivity index (χ1v) is 13.0. The van der Waals surface area contributed by atoms with Gasteiger partial charge in [0.05, 0.1) is 23.7 Å². The third-order valence-electron chi connectivity index (χ3n) is 6.04. The topological polar surface area (TPSA) is 79.2 Å². The van der Waals surface area contributed by atoms with Gasteiger partial charge in [0.15, 0.2) is 0 Å². The molecule has 0 bridgehead atoms. The number of carbonyl (C=O) groups excluding carboxylic acids is 1. The minimum absolute atomic E-state index is 0.140. The Labute approximate surface area is 209 Å². The second-order valence-corrected chi connectivity index (χ2v) is 10.2. The van der Waals surface area contributed by atoms with Crippen LogP contribution in [0.1, 0.15) is 37.3 Å². The first kappa shape index (κ1) is 24.8. The highest BCUT2D eigenvalue weighted by Gasteiger charge is 2.32. The summed E-state index contributed by atoms with van der Waals surface area (Å²) < 4.78 is 7.50. The van der Waals surface area contributed by atoms with E-state index in [1.807, 2.05) is 19.1 Å². The number of thioether (sulfide) groups is 1. The van der Waals surface area contributed by atoms with E-state index in [1.165, 1.54) is 16.2 Å². The highest BCUT2D eigenvalue weighted by molar-refractivity contribution is 8.26. The Balaban J connectivity index is 1.64. The quantitative estimate of drug-likeness (QED) is 0.319. The van der Waals surface area contributed by atoms with Crippen LogP contribution < -0.4 is 10.9 Å². The predicted octanol–water partition coefficient (Wildman–Crippen LogP) is 3.14. The second kappa shape index (κ2) is 11.4.